The molecule has 0 aromatic rings. The standard InChI is InChI=1S/C8H15NO4/c1-3-4-6(10)8-7(11)5(2)9(12)13-8/h6-8,10-11H,3-4H2,1-2H3/t6?,7-,8-/m0/s1. The summed E-state index contributed by atoms with van der Waals surface area (Å²) in [6.45, 7) is 3.40. The zero-order valence-electron chi connectivity index (χ0n) is 7.80. The number of rotatable bonds is 3. The van der Waals surface area contributed by atoms with Crippen molar-refractivity contribution in [2.24, 2.45) is 0 Å². The van der Waals surface area contributed by atoms with E-state index < -0.39 is 18.3 Å². The molecular formula is C8H15NO4. The van der Waals surface area contributed by atoms with Gasteiger partial charge in [0.15, 0.2) is 6.10 Å². The number of nitrogens with zero attached hydrogens (tertiary/aromatic N) is 1. The lowest BCUT2D eigenvalue weighted by molar-refractivity contribution is -0.743. The van der Waals surface area contributed by atoms with E-state index in [1.165, 1.54) is 6.92 Å². The Bertz CT molecular complexity index is 216. The van der Waals surface area contributed by atoms with Crippen LogP contribution in [0.15, 0.2) is 0 Å². The van der Waals surface area contributed by atoms with E-state index in [2.05, 4.69) is 0 Å². The Morgan fingerprint density at radius 2 is 2.31 bits per heavy atom. The van der Waals surface area contributed by atoms with E-state index in [-0.39, 0.29) is 10.6 Å². The van der Waals surface area contributed by atoms with Gasteiger partial charge in [-0.15, -0.1) is 0 Å². The lowest BCUT2D eigenvalue weighted by Gasteiger charge is -2.20. The van der Waals surface area contributed by atoms with Crippen molar-refractivity contribution in [1.29, 1.82) is 0 Å². The van der Waals surface area contributed by atoms with Crippen molar-refractivity contribution >= 4 is 5.71 Å². The second-order valence-corrected chi connectivity index (χ2v) is 3.27. The van der Waals surface area contributed by atoms with Crippen molar-refractivity contribution in [2.75, 3.05) is 0 Å². The lowest BCUT2D eigenvalue weighted by Crippen LogP contribution is -2.38. The first-order valence-electron chi connectivity index (χ1n) is 4.41. The van der Waals surface area contributed by atoms with Gasteiger partial charge in [0.05, 0.1) is 6.10 Å². The van der Waals surface area contributed by atoms with Gasteiger partial charge in [-0.2, -0.15) is 0 Å². The molecule has 1 rings (SSSR count). The van der Waals surface area contributed by atoms with Gasteiger partial charge in [0, 0.05) is 11.8 Å². The van der Waals surface area contributed by atoms with E-state index in [1.807, 2.05) is 6.92 Å². The molecule has 76 valence electrons. The number of aliphatic hydroxyl groups is 2. The largest absolute Gasteiger partial charge is 0.394 e. The SMILES string of the molecule is CCCC(O)[C@@H]1O[N+]([O-])=C(C)[C@@H]1O. The van der Waals surface area contributed by atoms with Crippen molar-refractivity contribution in [1.82, 2.24) is 0 Å². The molecule has 5 heteroatoms. The van der Waals surface area contributed by atoms with Gasteiger partial charge in [0.1, 0.15) is 6.10 Å². The van der Waals surface area contributed by atoms with Gasteiger partial charge in [-0.3, -0.25) is 5.21 Å². The maximum absolute atomic E-state index is 10.9. The normalized spacial score (nSPS) is 30.5. The second-order valence-electron chi connectivity index (χ2n) is 3.27. The molecule has 0 aromatic carbocycles. The molecule has 1 heterocycles. The summed E-state index contributed by atoms with van der Waals surface area (Å²) >= 11 is 0. The Hall–Kier alpha value is -0.810. The highest BCUT2D eigenvalue weighted by Gasteiger charge is 2.39. The van der Waals surface area contributed by atoms with Crippen LogP contribution in [-0.4, -0.2) is 39.1 Å². The van der Waals surface area contributed by atoms with Crippen LogP contribution in [0.5, 0.6) is 0 Å². The van der Waals surface area contributed by atoms with Crippen LogP contribution in [0.2, 0.25) is 0 Å². The lowest BCUT2D eigenvalue weighted by atomic mass is 10.0. The highest BCUT2D eigenvalue weighted by Crippen LogP contribution is 2.17. The third kappa shape index (κ3) is 1.92. The van der Waals surface area contributed by atoms with Crippen molar-refractivity contribution in [3.63, 3.8) is 0 Å². The molecule has 5 nitrogen and oxygen atoms in total. The summed E-state index contributed by atoms with van der Waals surface area (Å²) in [5, 5.41) is 29.8. The summed E-state index contributed by atoms with van der Waals surface area (Å²) in [5.74, 6) is 0. The van der Waals surface area contributed by atoms with Crippen LogP contribution >= 0.6 is 0 Å². The van der Waals surface area contributed by atoms with Crippen LogP contribution in [0.1, 0.15) is 26.7 Å². The van der Waals surface area contributed by atoms with Gasteiger partial charge >= 0.3 is 0 Å². The highest BCUT2D eigenvalue weighted by atomic mass is 16.9. The Balaban J connectivity index is 2.58. The summed E-state index contributed by atoms with van der Waals surface area (Å²) in [7, 11) is 0. The maximum Gasteiger partial charge on any atom is 0.248 e. The molecule has 0 saturated carbocycles. The van der Waals surface area contributed by atoms with Crippen molar-refractivity contribution < 1.29 is 20.0 Å². The summed E-state index contributed by atoms with van der Waals surface area (Å²) in [6, 6.07) is 0. The van der Waals surface area contributed by atoms with Crippen LogP contribution in [0.3, 0.4) is 0 Å². The minimum absolute atomic E-state index is 0.195. The fourth-order valence-electron chi connectivity index (χ4n) is 1.34. The monoisotopic (exact) mass is 189 g/mol. The molecule has 0 bridgehead atoms. The van der Waals surface area contributed by atoms with Gasteiger partial charge in [0.25, 0.3) is 0 Å². The maximum atomic E-state index is 10.9. The quantitative estimate of drug-likeness (QED) is 0.602. The Morgan fingerprint density at radius 3 is 2.69 bits per heavy atom. The van der Waals surface area contributed by atoms with Gasteiger partial charge in [-0.1, -0.05) is 13.3 Å². The molecule has 0 aromatic heterocycles. The van der Waals surface area contributed by atoms with Crippen molar-refractivity contribution in [3.8, 4) is 0 Å². The molecule has 2 N–H and O–H groups in total. The van der Waals surface area contributed by atoms with E-state index in [9.17, 15) is 15.4 Å². The van der Waals surface area contributed by atoms with Crippen LogP contribution < -0.4 is 0 Å². The van der Waals surface area contributed by atoms with Crippen LogP contribution in [0, 0.1) is 5.21 Å². The molecule has 0 aliphatic carbocycles. The van der Waals surface area contributed by atoms with Crippen molar-refractivity contribution in [2.45, 2.75) is 45.0 Å². The van der Waals surface area contributed by atoms with E-state index in [1.54, 1.807) is 0 Å². The zero-order valence-corrected chi connectivity index (χ0v) is 7.80. The molecular weight excluding hydrogens is 174 g/mol. The molecule has 1 unspecified atom stereocenters. The van der Waals surface area contributed by atoms with Crippen LogP contribution in [0.4, 0.5) is 0 Å². The third-order valence-corrected chi connectivity index (χ3v) is 2.21. The molecule has 1 aliphatic heterocycles. The van der Waals surface area contributed by atoms with Crippen molar-refractivity contribution in [3.05, 3.63) is 5.21 Å². The van der Waals surface area contributed by atoms with E-state index in [0.29, 0.717) is 6.42 Å². The van der Waals surface area contributed by atoms with Crippen LogP contribution in [0.25, 0.3) is 0 Å². The average molecular weight is 189 g/mol. The van der Waals surface area contributed by atoms with Crippen LogP contribution in [-0.2, 0) is 4.84 Å². The molecule has 3 atom stereocenters. The number of hydrogen-bond acceptors (Lipinski definition) is 4. The predicted molar refractivity (Wildman–Crippen MR) is 46.1 cm³/mol. The van der Waals surface area contributed by atoms with Gasteiger partial charge in [-0.25, -0.2) is 0 Å². The van der Waals surface area contributed by atoms with E-state index >= 15 is 0 Å². The Kier molecular flexibility index (Phi) is 3.11. The Morgan fingerprint density at radius 1 is 1.69 bits per heavy atom. The minimum Gasteiger partial charge on any atom is -0.394 e. The van der Waals surface area contributed by atoms with Gasteiger partial charge in [0.2, 0.25) is 5.71 Å². The first-order valence-corrected chi connectivity index (χ1v) is 4.41. The third-order valence-electron chi connectivity index (χ3n) is 2.21. The number of hydrogen-bond donors (Lipinski definition) is 2. The Labute approximate surface area is 76.8 Å². The van der Waals surface area contributed by atoms with Gasteiger partial charge in [-0.05, 0) is 6.42 Å². The second kappa shape index (κ2) is 3.93. The fourth-order valence-corrected chi connectivity index (χ4v) is 1.34. The topological polar surface area (TPSA) is 75.8 Å². The summed E-state index contributed by atoms with van der Waals surface area (Å²) in [6.07, 6.45) is -1.28. The summed E-state index contributed by atoms with van der Waals surface area (Å²) in [5.41, 5.74) is 0.195. The minimum atomic E-state index is -0.987. The molecule has 0 spiro atoms. The number of aliphatic hydroxyl groups excluding tert-OH is 2. The summed E-state index contributed by atoms with van der Waals surface area (Å²) < 4.78 is 0. The fraction of sp³-hybridized carbons (Fsp3) is 0.875. The van der Waals surface area contributed by atoms with E-state index in [0.717, 1.165) is 6.42 Å². The summed E-state index contributed by atoms with van der Waals surface area (Å²) in [4.78, 5) is 5.01. The van der Waals surface area contributed by atoms with E-state index in [4.69, 9.17) is 4.84 Å². The highest BCUT2D eigenvalue weighted by molar-refractivity contribution is 5.82. The molecule has 13 heavy (non-hydrogen) atoms. The molecule has 0 radical (unpaired) electrons. The molecule has 0 amide bonds. The molecule has 1 aliphatic rings. The smallest absolute Gasteiger partial charge is 0.248 e. The van der Waals surface area contributed by atoms with Gasteiger partial charge < -0.3 is 15.1 Å². The first kappa shape index (κ1) is 10.3. The first-order chi connectivity index (χ1) is 6.07. The average Bonchev–Trinajstić information content (AvgIpc) is 2.33. The molecule has 0 saturated heterocycles. The predicted octanol–water partition coefficient (Wildman–Crippen LogP) is -0.207. The zero-order chi connectivity index (χ0) is 10.0. The molecule has 0 fully saturated rings.